The molecule has 2 aromatic carbocycles. The number of sulfonamides is 1. The number of amides is 2. The van der Waals surface area contributed by atoms with Gasteiger partial charge in [0.05, 0.1) is 11.9 Å². The molecule has 8 heteroatoms. The average molecular weight is 488 g/mol. The van der Waals surface area contributed by atoms with Crippen LogP contribution in [0, 0.1) is 6.92 Å². The van der Waals surface area contributed by atoms with Gasteiger partial charge in [0.25, 0.3) is 0 Å². The first-order valence-corrected chi connectivity index (χ1v) is 13.7. The van der Waals surface area contributed by atoms with E-state index in [4.69, 9.17) is 0 Å². The molecule has 2 amide bonds. The van der Waals surface area contributed by atoms with Crippen molar-refractivity contribution in [1.29, 1.82) is 0 Å². The van der Waals surface area contributed by atoms with Gasteiger partial charge in [-0.25, -0.2) is 8.42 Å². The molecule has 0 saturated heterocycles. The molecule has 1 atom stereocenters. The number of rotatable bonds is 13. The molecule has 2 rings (SSSR count). The monoisotopic (exact) mass is 487 g/mol. The Bertz CT molecular complexity index is 1020. The molecule has 0 heterocycles. The lowest BCUT2D eigenvalue weighted by molar-refractivity contribution is -0.141. The highest BCUT2D eigenvalue weighted by atomic mass is 32.2. The van der Waals surface area contributed by atoms with Crippen molar-refractivity contribution in [2.75, 3.05) is 23.7 Å². The Hall–Kier alpha value is -2.87. The van der Waals surface area contributed by atoms with E-state index in [1.54, 1.807) is 29.2 Å². The Morgan fingerprint density at radius 2 is 1.65 bits per heavy atom. The maximum absolute atomic E-state index is 13.3. The smallest absolute Gasteiger partial charge is 0.242 e. The summed E-state index contributed by atoms with van der Waals surface area (Å²) in [6.07, 6.45) is 2.96. The average Bonchev–Trinajstić information content (AvgIpc) is 2.81. The molecule has 0 spiro atoms. The van der Waals surface area contributed by atoms with Crippen LogP contribution in [0.4, 0.5) is 5.69 Å². The summed E-state index contributed by atoms with van der Waals surface area (Å²) in [4.78, 5) is 27.8. The van der Waals surface area contributed by atoms with Crippen molar-refractivity contribution >= 4 is 27.5 Å². The van der Waals surface area contributed by atoms with E-state index in [-0.39, 0.29) is 24.8 Å². The molecule has 0 aliphatic carbocycles. The SMILES string of the molecule is CCCNC(=O)C(CC)N(Cc1ccc(C)cc1)C(=O)CCCN(c1ccccc1)S(C)(=O)=O. The maximum atomic E-state index is 13.3. The number of anilines is 1. The van der Waals surface area contributed by atoms with Gasteiger partial charge >= 0.3 is 0 Å². The first kappa shape index (κ1) is 27.4. The minimum Gasteiger partial charge on any atom is -0.354 e. The van der Waals surface area contributed by atoms with Gasteiger partial charge in [0.1, 0.15) is 6.04 Å². The van der Waals surface area contributed by atoms with Gasteiger partial charge in [-0.15, -0.1) is 0 Å². The predicted molar refractivity (Wildman–Crippen MR) is 137 cm³/mol. The van der Waals surface area contributed by atoms with E-state index in [1.165, 1.54) is 4.31 Å². The quantitative estimate of drug-likeness (QED) is 0.465. The van der Waals surface area contributed by atoms with E-state index in [2.05, 4.69) is 5.32 Å². The van der Waals surface area contributed by atoms with Crippen LogP contribution in [0.2, 0.25) is 0 Å². The largest absolute Gasteiger partial charge is 0.354 e. The molecule has 0 aliphatic rings. The topological polar surface area (TPSA) is 86.8 Å². The van der Waals surface area contributed by atoms with E-state index in [9.17, 15) is 18.0 Å². The molecule has 2 aromatic rings. The Labute approximate surface area is 204 Å². The number of hydrogen-bond donors (Lipinski definition) is 1. The molecule has 0 bridgehead atoms. The van der Waals surface area contributed by atoms with Crippen LogP contribution in [0.3, 0.4) is 0 Å². The van der Waals surface area contributed by atoms with Gasteiger partial charge in [0, 0.05) is 26.1 Å². The fourth-order valence-electron chi connectivity index (χ4n) is 3.77. The van der Waals surface area contributed by atoms with Gasteiger partial charge in [-0.1, -0.05) is 61.9 Å². The second kappa shape index (κ2) is 13.1. The summed E-state index contributed by atoms with van der Waals surface area (Å²) in [6.45, 7) is 6.95. The van der Waals surface area contributed by atoms with Crippen LogP contribution in [-0.2, 0) is 26.2 Å². The van der Waals surface area contributed by atoms with Crippen LogP contribution >= 0.6 is 0 Å². The lowest BCUT2D eigenvalue weighted by Gasteiger charge is -2.31. The molecule has 0 aromatic heterocycles. The summed E-state index contributed by atoms with van der Waals surface area (Å²) in [6, 6.07) is 16.2. The standard InChI is InChI=1S/C26H37N3O4S/c1-5-18-27-26(31)24(6-2)28(20-22-16-14-21(3)15-17-22)25(30)13-10-19-29(34(4,32)33)23-11-8-7-9-12-23/h7-9,11-12,14-17,24H,5-6,10,13,18-20H2,1-4H3,(H,27,31). The fourth-order valence-corrected chi connectivity index (χ4v) is 4.74. The van der Waals surface area contributed by atoms with Crippen molar-refractivity contribution < 1.29 is 18.0 Å². The summed E-state index contributed by atoms with van der Waals surface area (Å²) in [5, 5.41) is 2.91. The molecule has 1 N–H and O–H groups in total. The Morgan fingerprint density at radius 1 is 1.00 bits per heavy atom. The van der Waals surface area contributed by atoms with Crippen molar-refractivity contribution in [3.8, 4) is 0 Å². The third kappa shape index (κ3) is 8.17. The molecule has 0 radical (unpaired) electrons. The van der Waals surface area contributed by atoms with Crippen molar-refractivity contribution in [1.82, 2.24) is 10.2 Å². The summed E-state index contributed by atoms with van der Waals surface area (Å²) in [5.74, 6) is -0.326. The summed E-state index contributed by atoms with van der Waals surface area (Å²) in [7, 11) is -3.49. The van der Waals surface area contributed by atoms with Gasteiger partial charge in [-0.3, -0.25) is 13.9 Å². The van der Waals surface area contributed by atoms with Crippen molar-refractivity contribution in [3.63, 3.8) is 0 Å². The number of nitrogens with zero attached hydrogens (tertiary/aromatic N) is 2. The number of carbonyl (C=O) groups excluding carboxylic acids is 2. The van der Waals surface area contributed by atoms with Crippen LogP contribution in [0.1, 0.15) is 50.7 Å². The first-order valence-electron chi connectivity index (χ1n) is 11.8. The van der Waals surface area contributed by atoms with Crippen molar-refractivity contribution in [2.45, 2.75) is 59.0 Å². The summed E-state index contributed by atoms with van der Waals surface area (Å²) >= 11 is 0. The summed E-state index contributed by atoms with van der Waals surface area (Å²) in [5.41, 5.74) is 2.64. The number of aryl methyl sites for hydroxylation is 1. The van der Waals surface area contributed by atoms with Crippen molar-refractivity contribution in [3.05, 3.63) is 65.7 Å². The molecule has 0 aliphatic heterocycles. The fraction of sp³-hybridized carbons (Fsp3) is 0.462. The molecule has 0 saturated carbocycles. The van der Waals surface area contributed by atoms with Gasteiger partial charge < -0.3 is 10.2 Å². The van der Waals surface area contributed by atoms with Crippen LogP contribution in [-0.4, -0.2) is 50.5 Å². The minimum atomic E-state index is -3.49. The number of carbonyl (C=O) groups is 2. The van der Waals surface area contributed by atoms with Crippen LogP contribution in [0.5, 0.6) is 0 Å². The van der Waals surface area contributed by atoms with Gasteiger partial charge in [-0.2, -0.15) is 0 Å². The molecule has 34 heavy (non-hydrogen) atoms. The van der Waals surface area contributed by atoms with Crippen LogP contribution < -0.4 is 9.62 Å². The van der Waals surface area contributed by atoms with Gasteiger partial charge in [-0.05, 0) is 43.9 Å². The van der Waals surface area contributed by atoms with Gasteiger partial charge in [0.2, 0.25) is 21.8 Å². The number of hydrogen-bond acceptors (Lipinski definition) is 4. The normalized spacial score (nSPS) is 12.1. The van der Waals surface area contributed by atoms with Gasteiger partial charge in [0.15, 0.2) is 0 Å². The highest BCUT2D eigenvalue weighted by molar-refractivity contribution is 7.92. The first-order chi connectivity index (χ1) is 16.2. The van der Waals surface area contributed by atoms with E-state index in [1.807, 2.05) is 51.1 Å². The van der Waals surface area contributed by atoms with Crippen LogP contribution in [0.25, 0.3) is 0 Å². The van der Waals surface area contributed by atoms with Crippen LogP contribution in [0.15, 0.2) is 54.6 Å². The number of para-hydroxylation sites is 1. The maximum Gasteiger partial charge on any atom is 0.242 e. The molecule has 0 fully saturated rings. The lowest BCUT2D eigenvalue weighted by atomic mass is 10.1. The number of benzene rings is 2. The Kier molecular flexibility index (Phi) is 10.6. The third-order valence-electron chi connectivity index (χ3n) is 5.61. The molecule has 186 valence electrons. The second-order valence-corrected chi connectivity index (χ2v) is 10.4. The van der Waals surface area contributed by atoms with Crippen molar-refractivity contribution in [2.24, 2.45) is 0 Å². The number of nitrogens with one attached hydrogen (secondary N) is 1. The molecule has 7 nitrogen and oxygen atoms in total. The zero-order chi connectivity index (χ0) is 25.1. The molecular formula is C26H37N3O4S. The highest BCUT2D eigenvalue weighted by Crippen LogP contribution is 2.19. The highest BCUT2D eigenvalue weighted by Gasteiger charge is 2.28. The zero-order valence-corrected chi connectivity index (χ0v) is 21.5. The van der Waals surface area contributed by atoms with E-state index >= 15 is 0 Å². The molecular weight excluding hydrogens is 450 g/mol. The van der Waals surface area contributed by atoms with E-state index in [0.717, 1.165) is 23.8 Å². The molecule has 1 unspecified atom stereocenters. The van der Waals surface area contributed by atoms with E-state index < -0.39 is 16.1 Å². The third-order valence-corrected chi connectivity index (χ3v) is 6.80. The van der Waals surface area contributed by atoms with E-state index in [0.29, 0.717) is 31.6 Å². The zero-order valence-electron chi connectivity index (χ0n) is 20.7. The minimum absolute atomic E-state index is 0.141. The predicted octanol–water partition coefficient (Wildman–Crippen LogP) is 3.87. The second-order valence-electron chi connectivity index (χ2n) is 8.50. The Morgan fingerprint density at radius 3 is 2.21 bits per heavy atom. The lowest BCUT2D eigenvalue weighted by Crippen LogP contribution is -2.49. The summed E-state index contributed by atoms with van der Waals surface area (Å²) < 4.78 is 26.0. The Balaban J connectivity index is 2.17.